The van der Waals surface area contributed by atoms with Gasteiger partial charge in [-0.25, -0.2) is 17.3 Å². The maximum absolute atomic E-state index is 14.1. The van der Waals surface area contributed by atoms with E-state index < -0.39 is 26.8 Å². The van der Waals surface area contributed by atoms with Crippen molar-refractivity contribution < 1.29 is 12.8 Å². The van der Waals surface area contributed by atoms with Crippen molar-refractivity contribution in [3.8, 4) is 6.07 Å². The Bertz CT molecular complexity index is 1700. The highest BCUT2D eigenvalue weighted by Crippen LogP contribution is 2.26. The summed E-state index contributed by atoms with van der Waals surface area (Å²) < 4.78 is 43.2. The first kappa shape index (κ1) is 24.7. The molecular weight excluding hydrogens is 495 g/mol. The summed E-state index contributed by atoms with van der Waals surface area (Å²) in [5.74, 6) is -0.273. The van der Waals surface area contributed by atoms with Crippen LogP contribution in [0.1, 0.15) is 30.9 Å². The number of hydrogen-bond acceptors (Lipinski definition) is 7. The maximum Gasteiger partial charge on any atom is 0.279 e. The van der Waals surface area contributed by atoms with E-state index in [9.17, 15) is 22.9 Å². The Morgan fingerprint density at radius 1 is 1.16 bits per heavy atom. The number of benzene rings is 2. The van der Waals surface area contributed by atoms with Crippen LogP contribution in [0.4, 0.5) is 10.3 Å². The maximum atomic E-state index is 14.1. The number of anilines is 1. The molecule has 1 fully saturated rings. The molecule has 3 heterocycles. The van der Waals surface area contributed by atoms with E-state index in [2.05, 4.69) is 5.10 Å². The fourth-order valence-corrected chi connectivity index (χ4v) is 6.01. The van der Waals surface area contributed by atoms with Crippen LogP contribution in [0.2, 0.25) is 0 Å². The standard InChI is InChI=1S/C26H25FN6O3S/c1-26(29)10-5-11-31(17-26)25-30-33-16-22(37(35,36)21-6-3-2-4-7-21)13-23(33)24(34)32(25)15-19-12-20(27)9-8-18(19)14-28/h2-4,6-9,12-13,16H,5,10-11,15,17,29H2,1H3/t26-/m1/s1. The zero-order chi connectivity index (χ0) is 26.4. The molecule has 0 bridgehead atoms. The Morgan fingerprint density at radius 2 is 1.92 bits per heavy atom. The van der Waals surface area contributed by atoms with E-state index in [0.29, 0.717) is 18.7 Å². The summed E-state index contributed by atoms with van der Waals surface area (Å²) >= 11 is 0. The molecule has 0 saturated carbocycles. The lowest BCUT2D eigenvalue weighted by Crippen LogP contribution is -2.53. The van der Waals surface area contributed by atoms with E-state index in [1.165, 1.54) is 51.7 Å². The molecule has 9 nitrogen and oxygen atoms in total. The lowest BCUT2D eigenvalue weighted by atomic mass is 9.93. The van der Waals surface area contributed by atoms with E-state index in [0.717, 1.165) is 12.8 Å². The average Bonchev–Trinajstić information content (AvgIpc) is 3.31. The molecule has 0 spiro atoms. The lowest BCUT2D eigenvalue weighted by molar-refractivity contribution is 0.367. The van der Waals surface area contributed by atoms with E-state index in [1.807, 2.05) is 17.9 Å². The van der Waals surface area contributed by atoms with Crippen LogP contribution in [-0.4, -0.2) is 41.2 Å². The first-order valence-corrected chi connectivity index (χ1v) is 13.2. The van der Waals surface area contributed by atoms with Gasteiger partial charge in [-0.05, 0) is 61.7 Å². The number of rotatable bonds is 5. The number of aromatic nitrogens is 3. The number of piperidine rings is 1. The number of sulfone groups is 1. The van der Waals surface area contributed by atoms with Gasteiger partial charge in [-0.15, -0.1) is 5.10 Å². The third-order valence-electron chi connectivity index (χ3n) is 6.57. The number of nitrogens with two attached hydrogens (primary N) is 1. The number of halogens is 1. The fraction of sp³-hybridized carbons (Fsp3) is 0.269. The van der Waals surface area contributed by atoms with Gasteiger partial charge in [0.25, 0.3) is 5.56 Å². The minimum absolute atomic E-state index is 0.0423. The molecule has 37 heavy (non-hydrogen) atoms. The SMILES string of the molecule is C[C@@]1(N)CCCN(c2nn3cc(S(=O)(=O)c4ccccc4)cc3c(=O)n2Cc2cc(F)ccc2C#N)C1. The Morgan fingerprint density at radius 3 is 2.62 bits per heavy atom. The van der Waals surface area contributed by atoms with Crippen molar-refractivity contribution in [2.75, 3.05) is 18.0 Å². The Labute approximate surface area is 213 Å². The molecule has 190 valence electrons. The van der Waals surface area contributed by atoms with Crippen LogP contribution in [0.5, 0.6) is 0 Å². The van der Waals surface area contributed by atoms with Crippen LogP contribution in [-0.2, 0) is 16.4 Å². The molecule has 0 unspecified atom stereocenters. The molecule has 5 rings (SSSR count). The first-order valence-electron chi connectivity index (χ1n) is 11.7. The largest absolute Gasteiger partial charge is 0.339 e. The van der Waals surface area contributed by atoms with Crippen LogP contribution in [0.25, 0.3) is 5.52 Å². The summed E-state index contributed by atoms with van der Waals surface area (Å²) in [7, 11) is -3.90. The average molecular weight is 521 g/mol. The molecular formula is C26H25FN6O3S. The van der Waals surface area contributed by atoms with Crippen LogP contribution in [0.3, 0.4) is 0 Å². The fourth-order valence-electron chi connectivity index (χ4n) is 4.72. The topological polar surface area (TPSA) is 126 Å². The van der Waals surface area contributed by atoms with Crippen molar-refractivity contribution in [2.45, 2.75) is 41.6 Å². The zero-order valence-electron chi connectivity index (χ0n) is 20.1. The Hall–Kier alpha value is -4.01. The minimum atomic E-state index is -3.90. The van der Waals surface area contributed by atoms with E-state index in [-0.39, 0.29) is 33.4 Å². The predicted octanol–water partition coefficient (Wildman–Crippen LogP) is 2.71. The summed E-state index contributed by atoms with van der Waals surface area (Å²) in [6.45, 7) is 2.79. The van der Waals surface area contributed by atoms with E-state index >= 15 is 0 Å². The molecule has 1 aliphatic rings. The molecule has 2 aromatic heterocycles. The van der Waals surface area contributed by atoms with Crippen molar-refractivity contribution >= 4 is 21.3 Å². The molecule has 1 saturated heterocycles. The summed E-state index contributed by atoms with van der Waals surface area (Å²) in [6, 6.07) is 15.0. The highest BCUT2D eigenvalue weighted by molar-refractivity contribution is 7.91. The van der Waals surface area contributed by atoms with Gasteiger partial charge in [0.1, 0.15) is 11.3 Å². The molecule has 2 aromatic carbocycles. The van der Waals surface area contributed by atoms with Gasteiger partial charge in [0.2, 0.25) is 15.8 Å². The summed E-state index contributed by atoms with van der Waals surface area (Å²) in [6.07, 6.45) is 2.88. The second kappa shape index (κ2) is 9.14. The van der Waals surface area contributed by atoms with Gasteiger partial charge < -0.3 is 10.6 Å². The predicted molar refractivity (Wildman–Crippen MR) is 136 cm³/mol. The molecule has 11 heteroatoms. The first-order chi connectivity index (χ1) is 17.6. The van der Waals surface area contributed by atoms with E-state index in [4.69, 9.17) is 5.73 Å². The molecule has 1 aliphatic heterocycles. The number of fused-ring (bicyclic) bond motifs is 1. The van der Waals surface area contributed by atoms with Crippen molar-refractivity contribution in [3.05, 3.63) is 88.1 Å². The van der Waals surface area contributed by atoms with Crippen molar-refractivity contribution in [3.63, 3.8) is 0 Å². The summed E-state index contributed by atoms with van der Waals surface area (Å²) in [5, 5.41) is 14.2. The molecule has 0 radical (unpaired) electrons. The van der Waals surface area contributed by atoms with Gasteiger partial charge >= 0.3 is 0 Å². The normalized spacial score (nSPS) is 18.2. The summed E-state index contributed by atoms with van der Waals surface area (Å²) in [5.41, 5.74) is 5.96. The lowest BCUT2D eigenvalue weighted by Gasteiger charge is -2.39. The molecule has 2 N–H and O–H groups in total. The molecule has 1 atom stereocenters. The van der Waals surface area contributed by atoms with Crippen molar-refractivity contribution in [1.82, 2.24) is 14.2 Å². The van der Waals surface area contributed by atoms with E-state index in [1.54, 1.807) is 18.2 Å². The number of nitriles is 1. The Balaban J connectivity index is 1.71. The van der Waals surface area contributed by atoms with Crippen LogP contribution in [0, 0.1) is 17.1 Å². The van der Waals surface area contributed by atoms with Gasteiger partial charge in [0.15, 0.2) is 0 Å². The highest BCUT2D eigenvalue weighted by atomic mass is 32.2. The number of hydrogen-bond donors (Lipinski definition) is 1. The molecule has 0 aliphatic carbocycles. The van der Waals surface area contributed by atoms with Gasteiger partial charge in [-0.1, -0.05) is 18.2 Å². The molecule has 0 amide bonds. The quantitative estimate of drug-likeness (QED) is 0.429. The number of nitrogens with zero attached hydrogens (tertiary/aromatic N) is 5. The monoisotopic (exact) mass is 520 g/mol. The van der Waals surface area contributed by atoms with Gasteiger partial charge in [0.05, 0.1) is 28.0 Å². The van der Waals surface area contributed by atoms with Crippen molar-refractivity contribution in [1.29, 1.82) is 5.26 Å². The highest BCUT2D eigenvalue weighted by Gasteiger charge is 2.31. The third kappa shape index (κ3) is 4.61. The van der Waals surface area contributed by atoms with Gasteiger partial charge in [0, 0.05) is 24.8 Å². The van der Waals surface area contributed by atoms with Crippen LogP contribution >= 0.6 is 0 Å². The Kier molecular flexibility index (Phi) is 6.09. The zero-order valence-corrected chi connectivity index (χ0v) is 20.9. The second-order valence-electron chi connectivity index (χ2n) is 9.61. The minimum Gasteiger partial charge on any atom is -0.339 e. The third-order valence-corrected chi connectivity index (χ3v) is 8.31. The van der Waals surface area contributed by atoms with Gasteiger partial charge in [-0.2, -0.15) is 5.26 Å². The molecule has 4 aromatic rings. The van der Waals surface area contributed by atoms with Gasteiger partial charge in [-0.3, -0.25) is 9.36 Å². The summed E-state index contributed by atoms with van der Waals surface area (Å²) in [4.78, 5) is 15.7. The smallest absolute Gasteiger partial charge is 0.279 e. The second-order valence-corrected chi connectivity index (χ2v) is 11.6. The van der Waals surface area contributed by atoms with Crippen LogP contribution < -0.4 is 16.2 Å². The van der Waals surface area contributed by atoms with Crippen molar-refractivity contribution in [2.24, 2.45) is 5.73 Å². The van der Waals surface area contributed by atoms with Crippen LogP contribution in [0.15, 0.2) is 75.4 Å².